The summed E-state index contributed by atoms with van der Waals surface area (Å²) < 4.78 is 5.44. The summed E-state index contributed by atoms with van der Waals surface area (Å²) in [6.45, 7) is 3.82. The summed E-state index contributed by atoms with van der Waals surface area (Å²) in [5.41, 5.74) is 0.797. The fourth-order valence-electron chi connectivity index (χ4n) is 2.11. The first-order valence-electron chi connectivity index (χ1n) is 7.14. The lowest BCUT2D eigenvalue weighted by molar-refractivity contribution is -0.141. The van der Waals surface area contributed by atoms with Gasteiger partial charge in [-0.2, -0.15) is 5.10 Å². The second kappa shape index (κ2) is 6.93. The molecule has 7 heteroatoms. The summed E-state index contributed by atoms with van der Waals surface area (Å²) in [6, 6.07) is 5.17. The smallest absolute Gasteiger partial charge is 0.308 e. The number of nitrogens with zero attached hydrogens (tertiary/aromatic N) is 1. The van der Waals surface area contributed by atoms with Gasteiger partial charge in [-0.15, -0.1) is 0 Å². The Kier molecular flexibility index (Phi) is 4.98. The molecule has 0 radical (unpaired) electrons. The lowest BCUT2D eigenvalue weighted by Gasteiger charge is -2.11. The molecule has 2 aromatic heterocycles. The average molecular weight is 305 g/mol. The molecule has 0 fully saturated rings. The molecule has 118 valence electrons. The first-order chi connectivity index (χ1) is 10.5. The Morgan fingerprint density at radius 2 is 2.23 bits per heavy atom. The first kappa shape index (κ1) is 15.8. The zero-order valence-corrected chi connectivity index (χ0v) is 12.5. The zero-order chi connectivity index (χ0) is 16.1. The first-order valence-corrected chi connectivity index (χ1v) is 7.14. The Morgan fingerprint density at radius 3 is 2.82 bits per heavy atom. The predicted molar refractivity (Wildman–Crippen MR) is 79.4 cm³/mol. The van der Waals surface area contributed by atoms with Crippen molar-refractivity contribution in [1.29, 1.82) is 0 Å². The van der Waals surface area contributed by atoms with Gasteiger partial charge in [-0.3, -0.25) is 14.7 Å². The monoisotopic (exact) mass is 305 g/mol. The van der Waals surface area contributed by atoms with Gasteiger partial charge in [-0.1, -0.05) is 13.3 Å². The van der Waals surface area contributed by atoms with Gasteiger partial charge in [0.25, 0.3) is 5.91 Å². The quantitative estimate of drug-likeness (QED) is 0.726. The highest BCUT2D eigenvalue weighted by molar-refractivity contribution is 5.93. The number of aliphatic carboxylic acids is 1. The number of nitrogens with one attached hydrogen (secondary N) is 2. The third kappa shape index (κ3) is 3.75. The van der Waals surface area contributed by atoms with E-state index in [1.165, 1.54) is 0 Å². The van der Waals surface area contributed by atoms with Crippen LogP contribution in [0.1, 0.15) is 36.0 Å². The highest BCUT2D eigenvalue weighted by atomic mass is 16.4. The van der Waals surface area contributed by atoms with Gasteiger partial charge in [-0.05, 0) is 25.5 Å². The van der Waals surface area contributed by atoms with Gasteiger partial charge < -0.3 is 14.8 Å². The molecule has 2 aromatic rings. The van der Waals surface area contributed by atoms with Crippen molar-refractivity contribution >= 4 is 11.9 Å². The molecule has 3 N–H and O–H groups in total. The molecular weight excluding hydrogens is 286 g/mol. The van der Waals surface area contributed by atoms with Gasteiger partial charge in [0.1, 0.15) is 11.5 Å². The Bertz CT molecular complexity index is 659. The average Bonchev–Trinajstić information content (AvgIpc) is 3.11. The molecule has 2 heterocycles. The van der Waals surface area contributed by atoms with Crippen LogP contribution in [-0.4, -0.2) is 33.7 Å². The number of H-pyrrole nitrogens is 1. The standard InChI is InChI=1S/C15H19N3O4/c1-3-4-10(15(20)21)8-16-14(19)12-7-11(17-18-12)13-6-5-9(2)22-13/h5-7,10H,3-4,8H2,1-2H3,(H,16,19)(H,17,18)(H,20,21)/t10-/m0/s1. The number of aromatic nitrogens is 2. The number of furan rings is 1. The minimum atomic E-state index is -0.907. The second-order valence-electron chi connectivity index (χ2n) is 5.11. The topological polar surface area (TPSA) is 108 Å². The maximum Gasteiger partial charge on any atom is 0.308 e. The number of hydrogen-bond acceptors (Lipinski definition) is 4. The van der Waals surface area contributed by atoms with E-state index >= 15 is 0 Å². The van der Waals surface area contributed by atoms with Crippen LogP contribution in [0.4, 0.5) is 0 Å². The van der Waals surface area contributed by atoms with Crippen molar-refractivity contribution in [3.05, 3.63) is 29.7 Å². The molecule has 0 aliphatic rings. The van der Waals surface area contributed by atoms with Crippen molar-refractivity contribution in [1.82, 2.24) is 15.5 Å². The van der Waals surface area contributed by atoms with Crippen LogP contribution in [0.15, 0.2) is 22.6 Å². The Morgan fingerprint density at radius 1 is 1.45 bits per heavy atom. The zero-order valence-electron chi connectivity index (χ0n) is 12.5. The van der Waals surface area contributed by atoms with E-state index < -0.39 is 17.8 Å². The molecule has 0 saturated carbocycles. The van der Waals surface area contributed by atoms with E-state index in [-0.39, 0.29) is 12.2 Å². The fourth-order valence-corrected chi connectivity index (χ4v) is 2.11. The van der Waals surface area contributed by atoms with Gasteiger partial charge >= 0.3 is 5.97 Å². The largest absolute Gasteiger partial charge is 0.481 e. The van der Waals surface area contributed by atoms with Crippen molar-refractivity contribution in [3.8, 4) is 11.5 Å². The molecule has 0 spiro atoms. The third-order valence-electron chi connectivity index (χ3n) is 3.31. The number of aromatic amines is 1. The molecule has 22 heavy (non-hydrogen) atoms. The maximum absolute atomic E-state index is 12.0. The molecular formula is C15H19N3O4. The highest BCUT2D eigenvalue weighted by Gasteiger charge is 2.19. The van der Waals surface area contributed by atoms with Crippen molar-refractivity contribution in [3.63, 3.8) is 0 Å². The lowest BCUT2D eigenvalue weighted by Crippen LogP contribution is -2.33. The van der Waals surface area contributed by atoms with E-state index in [0.717, 1.165) is 12.2 Å². The number of carboxylic acid groups (broad SMARTS) is 1. The molecule has 0 bridgehead atoms. The molecule has 0 aromatic carbocycles. The number of amides is 1. The maximum atomic E-state index is 12.0. The molecule has 7 nitrogen and oxygen atoms in total. The van der Waals surface area contributed by atoms with Crippen LogP contribution >= 0.6 is 0 Å². The van der Waals surface area contributed by atoms with E-state index in [1.54, 1.807) is 12.1 Å². The summed E-state index contributed by atoms with van der Waals surface area (Å²) in [4.78, 5) is 23.1. The van der Waals surface area contributed by atoms with Crippen molar-refractivity contribution in [2.75, 3.05) is 6.54 Å². The van der Waals surface area contributed by atoms with Crippen LogP contribution < -0.4 is 5.32 Å². The SMILES string of the molecule is CCC[C@@H](CNC(=O)c1cc(-c2ccc(C)o2)[nH]n1)C(=O)O. The summed E-state index contributed by atoms with van der Waals surface area (Å²) in [7, 11) is 0. The van der Waals surface area contributed by atoms with Gasteiger partial charge in [0.05, 0.1) is 5.92 Å². The van der Waals surface area contributed by atoms with Gasteiger partial charge in [-0.25, -0.2) is 0 Å². The number of hydrogen-bond donors (Lipinski definition) is 3. The van der Waals surface area contributed by atoms with E-state index in [2.05, 4.69) is 15.5 Å². The van der Waals surface area contributed by atoms with Gasteiger partial charge in [0, 0.05) is 12.6 Å². The molecule has 0 aliphatic carbocycles. The molecule has 0 saturated heterocycles. The fraction of sp³-hybridized carbons (Fsp3) is 0.400. The summed E-state index contributed by atoms with van der Waals surface area (Å²) in [5, 5.41) is 18.3. The molecule has 1 amide bonds. The lowest BCUT2D eigenvalue weighted by atomic mass is 10.0. The third-order valence-corrected chi connectivity index (χ3v) is 3.31. The number of rotatable bonds is 7. The van der Waals surface area contributed by atoms with Crippen LogP contribution in [0.3, 0.4) is 0 Å². The van der Waals surface area contributed by atoms with Gasteiger partial charge in [0.15, 0.2) is 11.5 Å². The number of aryl methyl sites for hydroxylation is 1. The summed E-state index contributed by atoms with van der Waals surface area (Å²) in [5.74, 6) is -0.540. The highest BCUT2D eigenvalue weighted by Crippen LogP contribution is 2.20. The van der Waals surface area contributed by atoms with Crippen molar-refractivity contribution in [2.24, 2.45) is 5.92 Å². The van der Waals surface area contributed by atoms with E-state index in [4.69, 9.17) is 9.52 Å². The second-order valence-corrected chi connectivity index (χ2v) is 5.11. The number of carboxylic acids is 1. The van der Waals surface area contributed by atoms with Gasteiger partial charge in [0.2, 0.25) is 0 Å². The number of carbonyl (C=O) groups excluding carboxylic acids is 1. The van der Waals surface area contributed by atoms with E-state index in [9.17, 15) is 9.59 Å². The van der Waals surface area contributed by atoms with Crippen molar-refractivity contribution in [2.45, 2.75) is 26.7 Å². The molecule has 1 atom stereocenters. The van der Waals surface area contributed by atoms with Crippen molar-refractivity contribution < 1.29 is 19.1 Å². The van der Waals surface area contributed by atoms with Crippen LogP contribution in [0.5, 0.6) is 0 Å². The van der Waals surface area contributed by atoms with E-state index in [0.29, 0.717) is 17.9 Å². The summed E-state index contributed by atoms with van der Waals surface area (Å²) in [6.07, 6.45) is 1.27. The normalized spacial score (nSPS) is 12.1. The van der Waals surface area contributed by atoms with E-state index in [1.807, 2.05) is 19.9 Å². The Labute approximate surface area is 127 Å². The minimum absolute atomic E-state index is 0.0874. The van der Waals surface area contributed by atoms with Crippen LogP contribution in [-0.2, 0) is 4.79 Å². The molecule has 2 rings (SSSR count). The molecule has 0 aliphatic heterocycles. The molecule has 0 unspecified atom stereocenters. The number of carbonyl (C=O) groups is 2. The predicted octanol–water partition coefficient (Wildman–Crippen LogP) is 2.21. The minimum Gasteiger partial charge on any atom is -0.481 e. The Hall–Kier alpha value is -2.57. The van der Waals surface area contributed by atoms with Crippen LogP contribution in [0, 0.1) is 12.8 Å². The van der Waals surface area contributed by atoms with Crippen LogP contribution in [0.25, 0.3) is 11.5 Å². The Balaban J connectivity index is 1.98. The summed E-state index contributed by atoms with van der Waals surface area (Å²) >= 11 is 0. The van der Waals surface area contributed by atoms with Crippen LogP contribution in [0.2, 0.25) is 0 Å².